The van der Waals surface area contributed by atoms with Gasteiger partial charge in [-0.05, 0) is 36.4 Å². The highest BCUT2D eigenvalue weighted by Crippen LogP contribution is 2.29. The van der Waals surface area contributed by atoms with E-state index in [1.807, 2.05) is 0 Å². The Morgan fingerprint density at radius 1 is 1.07 bits per heavy atom. The van der Waals surface area contributed by atoms with Crippen molar-refractivity contribution < 1.29 is 28.7 Å². The summed E-state index contributed by atoms with van der Waals surface area (Å²) in [4.78, 5) is 49.2. The van der Waals surface area contributed by atoms with E-state index < -0.39 is 23.8 Å². The molecule has 2 heterocycles. The number of carbonyl (C=O) groups excluding carboxylic acids is 3. The lowest BCUT2D eigenvalue weighted by Gasteiger charge is -2.28. The molecule has 0 bridgehead atoms. The molecule has 0 saturated carbocycles. The second-order valence-corrected chi connectivity index (χ2v) is 6.20. The number of barbiturate groups is 1. The monoisotopic (exact) mass is 388 g/mol. The van der Waals surface area contributed by atoms with Crippen molar-refractivity contribution in [2.24, 2.45) is 0 Å². The molecule has 1 aliphatic heterocycles. The molecule has 1 aromatic heterocycles. The van der Waals surface area contributed by atoms with Crippen LogP contribution in [0.1, 0.15) is 16.1 Å². The molecule has 0 spiro atoms. The highest BCUT2D eigenvalue weighted by atomic mass is 35.5. The van der Waals surface area contributed by atoms with Gasteiger partial charge in [-0.3, -0.25) is 19.4 Å². The number of aromatic carboxylic acids is 1. The van der Waals surface area contributed by atoms with Gasteiger partial charge in [0.1, 0.15) is 17.1 Å². The fraction of sp³-hybridized carbons (Fsp3) is 0.111. The van der Waals surface area contributed by atoms with Crippen LogP contribution >= 0.6 is 11.6 Å². The zero-order chi connectivity index (χ0) is 19.9. The molecule has 1 N–H and O–H groups in total. The summed E-state index contributed by atoms with van der Waals surface area (Å²) in [6.07, 6.45) is 1.21. The highest BCUT2D eigenvalue weighted by Gasteiger charge is 2.38. The summed E-state index contributed by atoms with van der Waals surface area (Å²) in [7, 11) is 2.53. The van der Waals surface area contributed by atoms with Crippen LogP contribution in [0.3, 0.4) is 0 Å². The van der Waals surface area contributed by atoms with E-state index in [2.05, 4.69) is 0 Å². The first-order valence-electron chi connectivity index (χ1n) is 7.65. The predicted octanol–water partition coefficient (Wildman–Crippen LogP) is 2.73. The zero-order valence-electron chi connectivity index (χ0n) is 14.2. The lowest BCUT2D eigenvalue weighted by Crippen LogP contribution is -2.52. The van der Waals surface area contributed by atoms with Crippen LogP contribution in [0.25, 0.3) is 17.4 Å². The Labute approximate surface area is 158 Å². The summed E-state index contributed by atoms with van der Waals surface area (Å²) in [5.41, 5.74) is 0.00302. The number of urea groups is 1. The van der Waals surface area contributed by atoms with Crippen molar-refractivity contribution in [3.63, 3.8) is 0 Å². The Morgan fingerprint density at radius 3 is 2.30 bits per heavy atom. The molecule has 4 amide bonds. The average molecular weight is 389 g/mol. The minimum Gasteiger partial charge on any atom is -0.478 e. The van der Waals surface area contributed by atoms with E-state index in [4.69, 9.17) is 16.0 Å². The molecule has 8 nitrogen and oxygen atoms in total. The van der Waals surface area contributed by atoms with Crippen LogP contribution in [0.2, 0.25) is 5.02 Å². The Balaban J connectivity index is 2.01. The fourth-order valence-corrected chi connectivity index (χ4v) is 2.77. The maximum absolute atomic E-state index is 12.2. The normalized spacial score (nSPS) is 14.8. The fourth-order valence-electron chi connectivity index (χ4n) is 2.60. The van der Waals surface area contributed by atoms with Crippen molar-refractivity contribution in [3.8, 4) is 11.3 Å². The second-order valence-electron chi connectivity index (χ2n) is 5.77. The number of imide groups is 2. The van der Waals surface area contributed by atoms with E-state index in [1.165, 1.54) is 50.5 Å². The molecule has 138 valence electrons. The van der Waals surface area contributed by atoms with Crippen LogP contribution < -0.4 is 0 Å². The van der Waals surface area contributed by atoms with Gasteiger partial charge in [-0.1, -0.05) is 11.6 Å². The highest BCUT2D eigenvalue weighted by molar-refractivity contribution is 6.31. The van der Waals surface area contributed by atoms with E-state index in [0.29, 0.717) is 5.56 Å². The van der Waals surface area contributed by atoms with Gasteiger partial charge in [-0.2, -0.15) is 0 Å². The Kier molecular flexibility index (Phi) is 4.59. The van der Waals surface area contributed by atoms with Crippen LogP contribution in [-0.2, 0) is 9.59 Å². The summed E-state index contributed by atoms with van der Waals surface area (Å²) < 4.78 is 5.59. The molecule has 3 rings (SSSR count). The van der Waals surface area contributed by atoms with Gasteiger partial charge in [0.2, 0.25) is 0 Å². The molecule has 9 heteroatoms. The van der Waals surface area contributed by atoms with E-state index >= 15 is 0 Å². The molecule has 0 unspecified atom stereocenters. The average Bonchev–Trinajstić information content (AvgIpc) is 3.10. The molecular formula is C18H13ClN2O6. The Bertz CT molecular complexity index is 997. The lowest BCUT2D eigenvalue weighted by atomic mass is 10.1. The minimum atomic E-state index is -1.18. The molecule has 0 atom stereocenters. The van der Waals surface area contributed by atoms with E-state index in [-0.39, 0.29) is 27.7 Å². The summed E-state index contributed by atoms with van der Waals surface area (Å²) in [6, 6.07) is 6.59. The first kappa shape index (κ1) is 18.4. The Morgan fingerprint density at radius 2 is 1.70 bits per heavy atom. The molecule has 27 heavy (non-hydrogen) atoms. The molecular weight excluding hydrogens is 376 g/mol. The summed E-state index contributed by atoms with van der Waals surface area (Å²) >= 11 is 5.84. The van der Waals surface area contributed by atoms with Crippen molar-refractivity contribution in [1.29, 1.82) is 0 Å². The van der Waals surface area contributed by atoms with E-state index in [1.54, 1.807) is 0 Å². The Hall–Kier alpha value is -3.39. The summed E-state index contributed by atoms with van der Waals surface area (Å²) in [6.45, 7) is 0. The largest absolute Gasteiger partial charge is 0.478 e. The van der Waals surface area contributed by atoms with Gasteiger partial charge in [0.15, 0.2) is 0 Å². The number of nitrogens with zero attached hydrogens (tertiary/aromatic N) is 2. The lowest BCUT2D eigenvalue weighted by molar-refractivity contribution is -0.134. The van der Waals surface area contributed by atoms with Gasteiger partial charge >= 0.3 is 12.0 Å². The number of carbonyl (C=O) groups is 4. The molecule has 2 aromatic rings. The number of carboxylic acids is 1. The maximum atomic E-state index is 12.2. The van der Waals surface area contributed by atoms with Crippen LogP contribution in [0.15, 0.2) is 40.3 Å². The van der Waals surface area contributed by atoms with Gasteiger partial charge in [0.25, 0.3) is 11.8 Å². The SMILES string of the molecule is CN1C(=O)C(=Cc2ccc(-c3ccc(Cl)cc3C(=O)O)o2)C(=O)N(C)C1=O. The van der Waals surface area contributed by atoms with E-state index in [0.717, 1.165) is 9.80 Å². The number of carboxylic acid groups (broad SMARTS) is 1. The third-order valence-electron chi connectivity index (χ3n) is 4.03. The molecule has 0 aliphatic carbocycles. The van der Waals surface area contributed by atoms with Crippen molar-refractivity contribution in [2.75, 3.05) is 14.1 Å². The standard InChI is InChI=1S/C18H13ClN2O6/c1-20-15(22)13(16(23)21(2)18(20)26)8-10-4-6-14(27-10)11-5-3-9(19)7-12(11)17(24)25/h3-8H,1-2H3,(H,24,25). The van der Waals surface area contributed by atoms with Gasteiger partial charge < -0.3 is 9.52 Å². The first-order chi connectivity index (χ1) is 12.7. The number of benzene rings is 1. The first-order valence-corrected chi connectivity index (χ1v) is 8.03. The molecule has 1 aliphatic rings. The molecule has 0 radical (unpaired) electrons. The van der Waals surface area contributed by atoms with Gasteiger partial charge in [0, 0.05) is 24.7 Å². The second kappa shape index (κ2) is 6.73. The van der Waals surface area contributed by atoms with Gasteiger partial charge in [0.05, 0.1) is 5.56 Å². The van der Waals surface area contributed by atoms with Crippen LogP contribution in [-0.4, -0.2) is 52.8 Å². The number of likely N-dealkylation sites (N-methyl/N-ethyl adjacent to an activating group) is 2. The third kappa shape index (κ3) is 3.22. The van der Waals surface area contributed by atoms with Crippen molar-refractivity contribution >= 4 is 41.5 Å². The number of rotatable bonds is 3. The molecule has 1 aromatic carbocycles. The van der Waals surface area contributed by atoms with Gasteiger partial charge in [-0.25, -0.2) is 9.59 Å². The topological polar surface area (TPSA) is 108 Å². The number of hydrogen-bond acceptors (Lipinski definition) is 5. The van der Waals surface area contributed by atoms with E-state index in [9.17, 15) is 24.3 Å². The number of halogens is 1. The van der Waals surface area contributed by atoms with Crippen molar-refractivity contribution in [2.45, 2.75) is 0 Å². The smallest absolute Gasteiger partial charge is 0.336 e. The zero-order valence-corrected chi connectivity index (χ0v) is 15.0. The number of amides is 4. The number of furan rings is 1. The van der Waals surface area contributed by atoms with Crippen LogP contribution in [0, 0.1) is 0 Å². The molecule has 1 saturated heterocycles. The maximum Gasteiger partial charge on any atom is 0.336 e. The third-order valence-corrected chi connectivity index (χ3v) is 4.27. The van der Waals surface area contributed by atoms with Crippen LogP contribution in [0.5, 0.6) is 0 Å². The van der Waals surface area contributed by atoms with Crippen molar-refractivity contribution in [3.05, 3.63) is 52.3 Å². The van der Waals surface area contributed by atoms with Crippen LogP contribution in [0.4, 0.5) is 4.79 Å². The van der Waals surface area contributed by atoms with Gasteiger partial charge in [-0.15, -0.1) is 0 Å². The summed E-state index contributed by atoms with van der Waals surface area (Å²) in [5, 5.41) is 9.59. The van der Waals surface area contributed by atoms with Crippen molar-refractivity contribution in [1.82, 2.24) is 9.80 Å². The summed E-state index contributed by atoms with van der Waals surface area (Å²) in [5.74, 6) is -2.30. The predicted molar refractivity (Wildman–Crippen MR) is 95.0 cm³/mol. The minimum absolute atomic E-state index is 0.0501. The number of hydrogen-bond donors (Lipinski definition) is 1. The molecule has 1 fully saturated rings. The quantitative estimate of drug-likeness (QED) is 0.639.